The third-order valence-electron chi connectivity index (χ3n) is 3.90. The van der Waals surface area contributed by atoms with Crippen LogP contribution in [0.3, 0.4) is 0 Å². The van der Waals surface area contributed by atoms with Crippen molar-refractivity contribution in [2.75, 3.05) is 6.54 Å². The molecule has 1 aliphatic heterocycles. The van der Waals surface area contributed by atoms with E-state index in [1.54, 1.807) is 0 Å². The lowest BCUT2D eigenvalue weighted by molar-refractivity contribution is 0.609. The molecule has 0 spiro atoms. The number of hydrogen-bond donors (Lipinski definition) is 1. The molecule has 0 atom stereocenters. The normalized spacial score (nSPS) is 14.4. The van der Waals surface area contributed by atoms with Crippen LogP contribution in [-0.4, -0.2) is 16.5 Å². The number of nitrogens with one attached hydrogen (secondary N) is 1. The van der Waals surface area contributed by atoms with Crippen molar-refractivity contribution in [3.63, 3.8) is 0 Å². The lowest BCUT2D eigenvalue weighted by Gasteiger charge is -2.22. The summed E-state index contributed by atoms with van der Waals surface area (Å²) in [7, 11) is 0. The van der Waals surface area contributed by atoms with Crippen molar-refractivity contribution >= 4 is 0 Å². The Labute approximate surface area is 120 Å². The molecule has 0 fully saturated rings. The minimum atomic E-state index is 0.438. The summed E-state index contributed by atoms with van der Waals surface area (Å²) in [6.45, 7) is 8.43. The van der Waals surface area contributed by atoms with E-state index >= 15 is 0 Å². The maximum absolute atomic E-state index is 4.88. The van der Waals surface area contributed by atoms with Gasteiger partial charge in [0.2, 0.25) is 0 Å². The van der Waals surface area contributed by atoms with Crippen LogP contribution >= 0.6 is 0 Å². The number of benzene rings is 1. The van der Waals surface area contributed by atoms with E-state index in [0.717, 1.165) is 30.9 Å². The van der Waals surface area contributed by atoms with Crippen LogP contribution in [0.4, 0.5) is 0 Å². The van der Waals surface area contributed by atoms with Gasteiger partial charge in [0.15, 0.2) is 5.82 Å². The van der Waals surface area contributed by atoms with Crippen molar-refractivity contribution in [1.29, 1.82) is 0 Å². The molecule has 0 bridgehead atoms. The van der Waals surface area contributed by atoms with Gasteiger partial charge in [-0.15, -0.1) is 0 Å². The topological polar surface area (TPSA) is 37.8 Å². The molecule has 3 rings (SSSR count). The van der Waals surface area contributed by atoms with Crippen LogP contribution in [0.15, 0.2) is 24.3 Å². The van der Waals surface area contributed by atoms with E-state index in [2.05, 4.69) is 50.4 Å². The van der Waals surface area contributed by atoms with Crippen LogP contribution in [0.25, 0.3) is 11.4 Å². The first kappa shape index (κ1) is 13.3. The zero-order valence-corrected chi connectivity index (χ0v) is 12.4. The fourth-order valence-corrected chi connectivity index (χ4v) is 2.81. The van der Waals surface area contributed by atoms with Crippen molar-refractivity contribution < 1.29 is 0 Å². The van der Waals surface area contributed by atoms with Crippen molar-refractivity contribution in [3.8, 4) is 11.4 Å². The third kappa shape index (κ3) is 2.34. The fraction of sp³-hybridized carbons (Fsp3) is 0.412. The van der Waals surface area contributed by atoms with Crippen LogP contribution in [-0.2, 0) is 13.0 Å². The first-order valence-electron chi connectivity index (χ1n) is 7.33. The van der Waals surface area contributed by atoms with Gasteiger partial charge in [0, 0.05) is 12.1 Å². The van der Waals surface area contributed by atoms with Gasteiger partial charge in [-0.2, -0.15) is 0 Å². The summed E-state index contributed by atoms with van der Waals surface area (Å²) in [5.74, 6) is 1.31. The number of nitrogens with zero attached hydrogens (tertiary/aromatic N) is 2. The number of aryl methyl sites for hydroxylation is 1. The van der Waals surface area contributed by atoms with E-state index < -0.39 is 0 Å². The Morgan fingerprint density at radius 3 is 2.70 bits per heavy atom. The average Bonchev–Trinajstić information content (AvgIpc) is 2.46. The Hall–Kier alpha value is -1.74. The van der Waals surface area contributed by atoms with Gasteiger partial charge >= 0.3 is 0 Å². The van der Waals surface area contributed by atoms with Crippen LogP contribution in [0.5, 0.6) is 0 Å². The molecule has 20 heavy (non-hydrogen) atoms. The van der Waals surface area contributed by atoms with Crippen molar-refractivity contribution in [2.45, 2.75) is 39.7 Å². The van der Waals surface area contributed by atoms with Gasteiger partial charge in [-0.3, -0.25) is 0 Å². The Morgan fingerprint density at radius 2 is 1.95 bits per heavy atom. The molecule has 104 valence electrons. The summed E-state index contributed by atoms with van der Waals surface area (Å²) < 4.78 is 0. The SMILES string of the molecule is Cc1ccccc1-c1nc2c(c(C(C)C)n1)CCNC2. The molecular formula is C17H21N3. The minimum Gasteiger partial charge on any atom is -0.311 e. The van der Waals surface area contributed by atoms with E-state index in [0.29, 0.717) is 5.92 Å². The lowest BCUT2D eigenvalue weighted by Crippen LogP contribution is -2.27. The Kier molecular flexibility index (Phi) is 3.53. The van der Waals surface area contributed by atoms with E-state index in [1.165, 1.54) is 22.5 Å². The van der Waals surface area contributed by atoms with Gasteiger partial charge in [-0.05, 0) is 36.9 Å². The Balaban J connectivity index is 2.18. The predicted octanol–water partition coefficient (Wildman–Crippen LogP) is 3.22. The summed E-state index contributed by atoms with van der Waals surface area (Å²) in [6, 6.07) is 8.34. The molecule has 0 saturated carbocycles. The standard InChI is InChI=1S/C17H21N3/c1-11(2)16-14-8-9-18-10-15(14)19-17(20-16)13-7-5-4-6-12(13)3/h4-7,11,18H,8-10H2,1-3H3. The molecule has 0 saturated heterocycles. The molecule has 0 amide bonds. The first-order valence-corrected chi connectivity index (χ1v) is 7.33. The van der Waals surface area contributed by atoms with E-state index in [4.69, 9.17) is 9.97 Å². The summed E-state index contributed by atoms with van der Waals surface area (Å²) in [5.41, 5.74) is 6.12. The second-order valence-electron chi connectivity index (χ2n) is 5.75. The highest BCUT2D eigenvalue weighted by Crippen LogP contribution is 2.27. The monoisotopic (exact) mass is 267 g/mol. The second-order valence-corrected chi connectivity index (χ2v) is 5.75. The Morgan fingerprint density at radius 1 is 1.15 bits per heavy atom. The molecule has 1 aliphatic rings. The quantitative estimate of drug-likeness (QED) is 0.908. The van der Waals surface area contributed by atoms with Gasteiger partial charge < -0.3 is 5.32 Å². The maximum atomic E-state index is 4.88. The molecule has 0 aliphatic carbocycles. The molecule has 1 N–H and O–H groups in total. The lowest BCUT2D eigenvalue weighted by atomic mass is 9.97. The van der Waals surface area contributed by atoms with Crippen LogP contribution in [0, 0.1) is 6.92 Å². The Bertz CT molecular complexity index is 632. The summed E-state index contributed by atoms with van der Waals surface area (Å²) in [6.07, 6.45) is 1.04. The van der Waals surface area contributed by atoms with Crippen LogP contribution in [0.2, 0.25) is 0 Å². The van der Waals surface area contributed by atoms with Gasteiger partial charge in [-0.1, -0.05) is 38.1 Å². The zero-order valence-electron chi connectivity index (χ0n) is 12.4. The fourth-order valence-electron chi connectivity index (χ4n) is 2.81. The molecule has 3 nitrogen and oxygen atoms in total. The third-order valence-corrected chi connectivity index (χ3v) is 3.90. The summed E-state index contributed by atoms with van der Waals surface area (Å²) in [5, 5.41) is 3.41. The van der Waals surface area contributed by atoms with Crippen molar-refractivity contribution in [3.05, 3.63) is 46.8 Å². The first-order chi connectivity index (χ1) is 9.66. The molecule has 3 heteroatoms. The van der Waals surface area contributed by atoms with Gasteiger partial charge in [0.1, 0.15) is 0 Å². The van der Waals surface area contributed by atoms with E-state index in [1.807, 2.05) is 0 Å². The highest BCUT2D eigenvalue weighted by molar-refractivity contribution is 5.60. The predicted molar refractivity (Wildman–Crippen MR) is 81.7 cm³/mol. The molecule has 1 aromatic carbocycles. The zero-order chi connectivity index (χ0) is 14.1. The number of rotatable bonds is 2. The molecular weight excluding hydrogens is 246 g/mol. The highest BCUT2D eigenvalue weighted by atomic mass is 15.0. The molecule has 2 aromatic rings. The number of aromatic nitrogens is 2. The van der Waals surface area contributed by atoms with E-state index in [9.17, 15) is 0 Å². The second kappa shape index (κ2) is 5.33. The molecule has 1 aromatic heterocycles. The molecule has 0 radical (unpaired) electrons. The molecule has 0 unspecified atom stereocenters. The number of fused-ring (bicyclic) bond motifs is 1. The maximum Gasteiger partial charge on any atom is 0.159 e. The minimum absolute atomic E-state index is 0.438. The highest BCUT2D eigenvalue weighted by Gasteiger charge is 2.20. The smallest absolute Gasteiger partial charge is 0.159 e. The molecule has 2 heterocycles. The van der Waals surface area contributed by atoms with Gasteiger partial charge in [0.05, 0.1) is 11.4 Å². The van der Waals surface area contributed by atoms with Crippen LogP contribution in [0.1, 0.15) is 42.3 Å². The van der Waals surface area contributed by atoms with Crippen molar-refractivity contribution in [2.24, 2.45) is 0 Å². The van der Waals surface area contributed by atoms with Gasteiger partial charge in [-0.25, -0.2) is 9.97 Å². The van der Waals surface area contributed by atoms with Crippen molar-refractivity contribution in [1.82, 2.24) is 15.3 Å². The largest absolute Gasteiger partial charge is 0.311 e. The summed E-state index contributed by atoms with van der Waals surface area (Å²) >= 11 is 0. The summed E-state index contributed by atoms with van der Waals surface area (Å²) in [4.78, 5) is 9.69. The number of hydrogen-bond acceptors (Lipinski definition) is 3. The van der Waals surface area contributed by atoms with E-state index in [-0.39, 0.29) is 0 Å². The van der Waals surface area contributed by atoms with Crippen LogP contribution < -0.4 is 5.32 Å². The van der Waals surface area contributed by atoms with Gasteiger partial charge in [0.25, 0.3) is 0 Å². The average molecular weight is 267 g/mol.